The van der Waals surface area contributed by atoms with Crippen molar-refractivity contribution in [1.82, 2.24) is 20.1 Å². The number of rotatable bonds is 3. The van der Waals surface area contributed by atoms with Crippen LogP contribution >= 0.6 is 0 Å². The van der Waals surface area contributed by atoms with Crippen LogP contribution in [0, 0.1) is 5.41 Å². The number of aryl methyl sites for hydroxylation is 1. The van der Waals surface area contributed by atoms with Crippen molar-refractivity contribution in [3.63, 3.8) is 0 Å². The van der Waals surface area contributed by atoms with Gasteiger partial charge in [0, 0.05) is 19.5 Å². The van der Waals surface area contributed by atoms with Crippen LogP contribution in [0.3, 0.4) is 0 Å². The van der Waals surface area contributed by atoms with Gasteiger partial charge in [0.15, 0.2) is 0 Å². The van der Waals surface area contributed by atoms with Gasteiger partial charge in [0.2, 0.25) is 5.82 Å². The molecule has 0 aliphatic carbocycles. The largest absolute Gasteiger partial charge is 0.481 e. The number of carbonyl (C=O) groups excluding carboxylic acids is 1. The molecule has 1 aromatic heterocycles. The number of H-pyrrole nitrogens is 1. The van der Waals surface area contributed by atoms with Gasteiger partial charge in [-0.1, -0.05) is 6.92 Å². The zero-order valence-corrected chi connectivity index (χ0v) is 11.1. The fourth-order valence-corrected chi connectivity index (χ4v) is 2.28. The van der Waals surface area contributed by atoms with E-state index in [0.29, 0.717) is 31.6 Å². The lowest BCUT2D eigenvalue weighted by Crippen LogP contribution is -2.48. The topological polar surface area (TPSA) is 99.2 Å². The molecule has 1 saturated heterocycles. The van der Waals surface area contributed by atoms with Gasteiger partial charge >= 0.3 is 5.97 Å². The molecule has 1 amide bonds. The highest BCUT2D eigenvalue weighted by Crippen LogP contribution is 2.30. The Morgan fingerprint density at radius 3 is 2.84 bits per heavy atom. The Labute approximate surface area is 111 Å². The van der Waals surface area contributed by atoms with Crippen LogP contribution in [0.25, 0.3) is 0 Å². The van der Waals surface area contributed by atoms with Crippen molar-refractivity contribution in [2.45, 2.75) is 33.1 Å². The maximum Gasteiger partial charge on any atom is 0.311 e. The van der Waals surface area contributed by atoms with E-state index < -0.39 is 11.4 Å². The first-order valence-corrected chi connectivity index (χ1v) is 6.40. The average molecular weight is 266 g/mol. The molecule has 1 aromatic rings. The molecule has 0 saturated carbocycles. The molecule has 0 radical (unpaired) electrons. The van der Waals surface area contributed by atoms with Crippen LogP contribution < -0.4 is 0 Å². The third kappa shape index (κ3) is 2.59. The second-order valence-corrected chi connectivity index (χ2v) is 5.16. The molecule has 1 aliphatic rings. The van der Waals surface area contributed by atoms with Gasteiger partial charge in [0.05, 0.1) is 5.41 Å². The normalized spacial score (nSPS) is 23.4. The first-order chi connectivity index (χ1) is 8.96. The van der Waals surface area contributed by atoms with Crippen molar-refractivity contribution in [1.29, 1.82) is 0 Å². The van der Waals surface area contributed by atoms with E-state index in [0.717, 1.165) is 0 Å². The van der Waals surface area contributed by atoms with Crippen LogP contribution in [0.2, 0.25) is 0 Å². The minimum Gasteiger partial charge on any atom is -0.481 e. The monoisotopic (exact) mass is 266 g/mol. The molecule has 0 bridgehead atoms. The number of piperidine rings is 1. The SMILES string of the molecule is CCc1nc(C(=O)N2CCCC(C)(C(=O)O)C2)n[nH]1. The number of carbonyl (C=O) groups is 2. The standard InChI is InChI=1S/C12H18N4O3/c1-3-8-13-9(15-14-8)10(17)16-6-4-5-12(2,7-16)11(18)19/h3-7H2,1-2H3,(H,18,19)(H,13,14,15). The average Bonchev–Trinajstić information content (AvgIpc) is 2.86. The third-order valence-electron chi connectivity index (χ3n) is 3.56. The Hall–Kier alpha value is -1.92. The number of aromatic nitrogens is 3. The molecule has 2 N–H and O–H groups in total. The highest BCUT2D eigenvalue weighted by Gasteiger charge is 2.40. The zero-order valence-electron chi connectivity index (χ0n) is 11.1. The summed E-state index contributed by atoms with van der Waals surface area (Å²) in [6.07, 6.45) is 1.94. The van der Waals surface area contributed by atoms with Crippen LogP contribution in [0.15, 0.2) is 0 Å². The quantitative estimate of drug-likeness (QED) is 0.838. The first kappa shape index (κ1) is 13.5. The molecule has 2 rings (SSSR count). The number of carboxylic acid groups (broad SMARTS) is 1. The Balaban J connectivity index is 2.13. The van der Waals surface area contributed by atoms with E-state index in [-0.39, 0.29) is 18.3 Å². The number of amides is 1. The number of likely N-dealkylation sites (tertiary alicyclic amines) is 1. The van der Waals surface area contributed by atoms with Gasteiger partial charge in [-0.25, -0.2) is 4.98 Å². The van der Waals surface area contributed by atoms with Crippen molar-refractivity contribution in [2.75, 3.05) is 13.1 Å². The van der Waals surface area contributed by atoms with Crippen molar-refractivity contribution < 1.29 is 14.7 Å². The summed E-state index contributed by atoms with van der Waals surface area (Å²) >= 11 is 0. The summed E-state index contributed by atoms with van der Waals surface area (Å²) < 4.78 is 0. The fraction of sp³-hybridized carbons (Fsp3) is 0.667. The number of carboxylic acids is 1. The lowest BCUT2D eigenvalue weighted by atomic mass is 9.82. The molecular weight excluding hydrogens is 248 g/mol. The molecule has 1 aliphatic heterocycles. The number of nitrogens with one attached hydrogen (secondary N) is 1. The van der Waals surface area contributed by atoms with E-state index in [2.05, 4.69) is 15.2 Å². The maximum atomic E-state index is 12.2. The zero-order chi connectivity index (χ0) is 14.0. The van der Waals surface area contributed by atoms with Gasteiger partial charge in [0.1, 0.15) is 5.82 Å². The molecule has 104 valence electrons. The molecule has 19 heavy (non-hydrogen) atoms. The Kier molecular flexibility index (Phi) is 3.55. The molecule has 7 heteroatoms. The van der Waals surface area contributed by atoms with Gasteiger partial charge in [-0.05, 0) is 19.8 Å². The third-order valence-corrected chi connectivity index (χ3v) is 3.56. The summed E-state index contributed by atoms with van der Waals surface area (Å²) in [6.45, 7) is 4.34. The lowest BCUT2D eigenvalue weighted by molar-refractivity contribution is -0.150. The van der Waals surface area contributed by atoms with Crippen molar-refractivity contribution in [2.24, 2.45) is 5.41 Å². The number of hydrogen-bond donors (Lipinski definition) is 2. The van der Waals surface area contributed by atoms with Crippen molar-refractivity contribution in [3.05, 3.63) is 11.6 Å². The van der Waals surface area contributed by atoms with E-state index in [1.807, 2.05) is 6.92 Å². The van der Waals surface area contributed by atoms with Gasteiger partial charge in [-0.2, -0.15) is 0 Å². The molecule has 1 atom stereocenters. The second kappa shape index (κ2) is 4.99. The van der Waals surface area contributed by atoms with Crippen LogP contribution in [0.4, 0.5) is 0 Å². The fourth-order valence-electron chi connectivity index (χ4n) is 2.28. The predicted octanol–water partition coefficient (Wildman–Crippen LogP) is 0.694. The van der Waals surface area contributed by atoms with Crippen LogP contribution in [-0.4, -0.2) is 50.2 Å². The van der Waals surface area contributed by atoms with Gasteiger partial charge in [0.25, 0.3) is 5.91 Å². The Morgan fingerprint density at radius 1 is 1.53 bits per heavy atom. The maximum absolute atomic E-state index is 12.2. The molecule has 1 fully saturated rings. The lowest BCUT2D eigenvalue weighted by Gasteiger charge is -2.36. The number of aromatic amines is 1. The Bertz CT molecular complexity index is 499. The molecular formula is C12H18N4O3. The van der Waals surface area contributed by atoms with Gasteiger partial charge in [-0.15, -0.1) is 5.10 Å². The molecule has 0 aromatic carbocycles. The highest BCUT2D eigenvalue weighted by molar-refractivity contribution is 5.91. The number of aliphatic carboxylic acids is 1. The highest BCUT2D eigenvalue weighted by atomic mass is 16.4. The van der Waals surface area contributed by atoms with E-state index in [1.165, 1.54) is 4.90 Å². The number of hydrogen-bond acceptors (Lipinski definition) is 4. The van der Waals surface area contributed by atoms with E-state index in [9.17, 15) is 14.7 Å². The molecule has 7 nitrogen and oxygen atoms in total. The van der Waals surface area contributed by atoms with Crippen LogP contribution in [0.1, 0.15) is 43.1 Å². The smallest absolute Gasteiger partial charge is 0.311 e. The van der Waals surface area contributed by atoms with E-state index >= 15 is 0 Å². The molecule has 1 unspecified atom stereocenters. The minimum absolute atomic E-state index is 0.117. The predicted molar refractivity (Wildman–Crippen MR) is 66.6 cm³/mol. The Morgan fingerprint density at radius 2 is 2.26 bits per heavy atom. The summed E-state index contributed by atoms with van der Waals surface area (Å²) in [5.41, 5.74) is -0.877. The molecule has 0 spiro atoms. The summed E-state index contributed by atoms with van der Waals surface area (Å²) in [6, 6.07) is 0. The summed E-state index contributed by atoms with van der Waals surface area (Å²) in [7, 11) is 0. The minimum atomic E-state index is -0.877. The van der Waals surface area contributed by atoms with Crippen LogP contribution in [0.5, 0.6) is 0 Å². The first-order valence-electron chi connectivity index (χ1n) is 6.40. The molecule has 2 heterocycles. The number of nitrogens with zero attached hydrogens (tertiary/aromatic N) is 3. The van der Waals surface area contributed by atoms with Crippen LogP contribution in [-0.2, 0) is 11.2 Å². The summed E-state index contributed by atoms with van der Waals surface area (Å²) in [5, 5.41) is 15.8. The summed E-state index contributed by atoms with van der Waals surface area (Å²) in [5.74, 6) is -0.398. The van der Waals surface area contributed by atoms with Gasteiger partial charge in [-0.3, -0.25) is 14.7 Å². The van der Waals surface area contributed by atoms with Gasteiger partial charge < -0.3 is 10.0 Å². The van der Waals surface area contributed by atoms with Crippen molar-refractivity contribution >= 4 is 11.9 Å². The van der Waals surface area contributed by atoms with Crippen molar-refractivity contribution in [3.8, 4) is 0 Å². The van der Waals surface area contributed by atoms with E-state index in [1.54, 1.807) is 6.92 Å². The summed E-state index contributed by atoms with van der Waals surface area (Å²) in [4.78, 5) is 29.1. The second-order valence-electron chi connectivity index (χ2n) is 5.16. The van der Waals surface area contributed by atoms with E-state index in [4.69, 9.17) is 0 Å².